The van der Waals surface area contributed by atoms with Crippen molar-refractivity contribution in [3.8, 4) is 5.75 Å². The molecule has 0 saturated heterocycles. The Balaban J connectivity index is 2.95. The molecular formula is C13H20N2O4S. The van der Waals surface area contributed by atoms with Crippen LogP contribution >= 0.6 is 0 Å². The van der Waals surface area contributed by atoms with Crippen LogP contribution in [0.5, 0.6) is 5.75 Å². The highest BCUT2D eigenvalue weighted by molar-refractivity contribution is 7.89. The molecule has 1 amide bonds. The third-order valence-electron chi connectivity index (χ3n) is 2.74. The molecule has 0 unspecified atom stereocenters. The van der Waals surface area contributed by atoms with Gasteiger partial charge in [0.1, 0.15) is 10.6 Å². The maximum absolute atomic E-state index is 11.9. The minimum absolute atomic E-state index is 0.117. The van der Waals surface area contributed by atoms with Crippen molar-refractivity contribution in [2.75, 3.05) is 13.7 Å². The average molecular weight is 300 g/mol. The molecule has 0 bridgehead atoms. The third-order valence-corrected chi connectivity index (χ3v) is 3.67. The van der Waals surface area contributed by atoms with Crippen LogP contribution in [0.1, 0.15) is 30.6 Å². The number of amides is 1. The van der Waals surface area contributed by atoms with Gasteiger partial charge in [0.05, 0.1) is 7.11 Å². The maximum atomic E-state index is 11.9. The van der Waals surface area contributed by atoms with E-state index in [-0.39, 0.29) is 22.1 Å². The Labute approximate surface area is 119 Å². The summed E-state index contributed by atoms with van der Waals surface area (Å²) in [6.07, 6.45) is 0.851. The van der Waals surface area contributed by atoms with Crippen molar-refractivity contribution in [2.45, 2.75) is 25.2 Å². The fraction of sp³-hybridized carbons (Fsp3) is 0.462. The van der Waals surface area contributed by atoms with Crippen LogP contribution < -0.4 is 15.2 Å². The smallest absolute Gasteiger partial charge is 0.251 e. The van der Waals surface area contributed by atoms with Gasteiger partial charge in [-0.1, -0.05) is 13.8 Å². The topological polar surface area (TPSA) is 98.5 Å². The fourth-order valence-electron chi connectivity index (χ4n) is 1.62. The molecule has 7 heteroatoms. The summed E-state index contributed by atoms with van der Waals surface area (Å²) >= 11 is 0. The molecule has 112 valence electrons. The zero-order chi connectivity index (χ0) is 15.3. The van der Waals surface area contributed by atoms with Crippen LogP contribution in [0.4, 0.5) is 0 Å². The van der Waals surface area contributed by atoms with Crippen LogP contribution in [0, 0.1) is 5.92 Å². The molecule has 0 aliphatic heterocycles. The van der Waals surface area contributed by atoms with E-state index < -0.39 is 10.0 Å². The van der Waals surface area contributed by atoms with E-state index in [1.165, 1.54) is 25.3 Å². The highest BCUT2D eigenvalue weighted by Gasteiger charge is 2.17. The number of primary sulfonamides is 1. The minimum atomic E-state index is -3.94. The second-order valence-corrected chi connectivity index (χ2v) is 6.38. The van der Waals surface area contributed by atoms with Crippen molar-refractivity contribution >= 4 is 15.9 Å². The van der Waals surface area contributed by atoms with E-state index in [0.29, 0.717) is 12.5 Å². The lowest BCUT2D eigenvalue weighted by atomic mass is 10.1. The molecule has 0 heterocycles. The molecule has 3 N–H and O–H groups in total. The fourth-order valence-corrected chi connectivity index (χ4v) is 2.34. The van der Waals surface area contributed by atoms with Gasteiger partial charge in [-0.05, 0) is 30.5 Å². The van der Waals surface area contributed by atoms with Crippen molar-refractivity contribution in [3.05, 3.63) is 23.8 Å². The molecule has 0 aliphatic carbocycles. The largest absolute Gasteiger partial charge is 0.495 e. The first kappa shape index (κ1) is 16.5. The number of ether oxygens (including phenoxy) is 1. The standard InChI is InChI=1S/C13H20N2O4S/c1-9(2)6-7-15-13(16)10-4-5-11(19-3)12(8-10)20(14,17)18/h4-5,8-9H,6-7H2,1-3H3,(H,15,16)(H2,14,17,18). The van der Waals surface area contributed by atoms with Crippen LogP contribution in [-0.2, 0) is 10.0 Å². The van der Waals surface area contributed by atoms with Gasteiger partial charge in [-0.2, -0.15) is 0 Å². The van der Waals surface area contributed by atoms with E-state index in [9.17, 15) is 13.2 Å². The summed E-state index contributed by atoms with van der Waals surface area (Å²) in [5, 5.41) is 7.83. The average Bonchev–Trinajstić information content (AvgIpc) is 2.36. The molecule has 0 aliphatic rings. The molecule has 1 rings (SSSR count). The first-order valence-electron chi connectivity index (χ1n) is 6.24. The second kappa shape index (κ2) is 6.71. The number of nitrogens with two attached hydrogens (primary N) is 1. The van der Waals surface area contributed by atoms with E-state index in [4.69, 9.17) is 9.88 Å². The van der Waals surface area contributed by atoms with Gasteiger partial charge in [-0.3, -0.25) is 4.79 Å². The summed E-state index contributed by atoms with van der Waals surface area (Å²) in [6, 6.07) is 4.13. The molecule has 0 spiro atoms. The van der Waals surface area contributed by atoms with Gasteiger partial charge in [0.25, 0.3) is 5.91 Å². The van der Waals surface area contributed by atoms with Crippen molar-refractivity contribution in [1.29, 1.82) is 0 Å². The van der Waals surface area contributed by atoms with E-state index in [0.717, 1.165) is 6.42 Å². The summed E-state index contributed by atoms with van der Waals surface area (Å²) in [7, 11) is -2.60. The highest BCUT2D eigenvalue weighted by atomic mass is 32.2. The number of carbonyl (C=O) groups is 1. The Morgan fingerprint density at radius 2 is 2.05 bits per heavy atom. The van der Waals surface area contributed by atoms with E-state index in [1.807, 2.05) is 0 Å². The Kier molecular flexibility index (Phi) is 5.52. The molecule has 0 aromatic heterocycles. The normalized spacial score (nSPS) is 11.4. The van der Waals surface area contributed by atoms with E-state index in [2.05, 4.69) is 19.2 Å². The van der Waals surface area contributed by atoms with Crippen molar-refractivity contribution < 1.29 is 17.9 Å². The molecule has 0 atom stereocenters. The number of carbonyl (C=O) groups excluding carboxylic acids is 1. The lowest BCUT2D eigenvalue weighted by Crippen LogP contribution is -2.25. The summed E-state index contributed by atoms with van der Waals surface area (Å²) in [5.41, 5.74) is 0.235. The lowest BCUT2D eigenvalue weighted by molar-refractivity contribution is 0.0951. The van der Waals surface area contributed by atoms with Gasteiger partial charge in [-0.25, -0.2) is 13.6 Å². The number of methoxy groups -OCH3 is 1. The van der Waals surface area contributed by atoms with Crippen LogP contribution in [0.15, 0.2) is 23.1 Å². The quantitative estimate of drug-likeness (QED) is 0.822. The molecule has 6 nitrogen and oxygen atoms in total. The Morgan fingerprint density at radius 1 is 1.40 bits per heavy atom. The summed E-state index contributed by atoms with van der Waals surface area (Å²) < 4.78 is 27.8. The number of sulfonamides is 1. The summed E-state index contributed by atoms with van der Waals surface area (Å²) in [5.74, 6) is 0.260. The predicted molar refractivity (Wildman–Crippen MR) is 76.2 cm³/mol. The minimum Gasteiger partial charge on any atom is -0.495 e. The number of benzene rings is 1. The number of nitrogens with one attached hydrogen (secondary N) is 1. The van der Waals surface area contributed by atoms with Crippen molar-refractivity contribution in [2.24, 2.45) is 11.1 Å². The molecular weight excluding hydrogens is 280 g/mol. The first-order valence-corrected chi connectivity index (χ1v) is 7.79. The molecule has 1 aromatic rings. The first-order chi connectivity index (χ1) is 9.25. The second-order valence-electron chi connectivity index (χ2n) is 4.85. The van der Waals surface area contributed by atoms with Gasteiger partial charge in [0.15, 0.2) is 0 Å². The lowest BCUT2D eigenvalue weighted by Gasteiger charge is -2.10. The summed E-state index contributed by atoms with van der Waals surface area (Å²) in [6.45, 7) is 4.64. The van der Waals surface area contributed by atoms with Gasteiger partial charge in [0.2, 0.25) is 10.0 Å². The Hall–Kier alpha value is -1.60. The van der Waals surface area contributed by atoms with Crippen LogP contribution in [0.3, 0.4) is 0 Å². The zero-order valence-electron chi connectivity index (χ0n) is 11.8. The van der Waals surface area contributed by atoms with E-state index >= 15 is 0 Å². The zero-order valence-corrected chi connectivity index (χ0v) is 12.7. The number of rotatable bonds is 6. The molecule has 20 heavy (non-hydrogen) atoms. The molecule has 0 fully saturated rings. The van der Waals surface area contributed by atoms with Gasteiger partial charge in [0, 0.05) is 12.1 Å². The SMILES string of the molecule is COc1ccc(C(=O)NCCC(C)C)cc1S(N)(=O)=O. The highest BCUT2D eigenvalue weighted by Crippen LogP contribution is 2.23. The van der Waals surface area contributed by atoms with Gasteiger partial charge in [-0.15, -0.1) is 0 Å². The van der Waals surface area contributed by atoms with Crippen molar-refractivity contribution in [1.82, 2.24) is 5.32 Å². The maximum Gasteiger partial charge on any atom is 0.251 e. The molecule has 0 saturated carbocycles. The Morgan fingerprint density at radius 3 is 2.55 bits per heavy atom. The van der Waals surface area contributed by atoms with Gasteiger partial charge < -0.3 is 10.1 Å². The van der Waals surface area contributed by atoms with Crippen molar-refractivity contribution in [3.63, 3.8) is 0 Å². The van der Waals surface area contributed by atoms with Crippen LogP contribution in [0.25, 0.3) is 0 Å². The van der Waals surface area contributed by atoms with Gasteiger partial charge >= 0.3 is 0 Å². The monoisotopic (exact) mass is 300 g/mol. The predicted octanol–water partition coefficient (Wildman–Crippen LogP) is 1.12. The number of hydrogen-bond donors (Lipinski definition) is 2. The summed E-state index contributed by atoms with van der Waals surface area (Å²) in [4.78, 5) is 11.7. The van der Waals surface area contributed by atoms with Crippen LogP contribution in [0.2, 0.25) is 0 Å². The molecule has 0 radical (unpaired) electrons. The van der Waals surface area contributed by atoms with Crippen LogP contribution in [-0.4, -0.2) is 28.0 Å². The Bertz CT molecular complexity index is 582. The van der Waals surface area contributed by atoms with E-state index in [1.54, 1.807) is 0 Å². The number of hydrogen-bond acceptors (Lipinski definition) is 4. The molecule has 1 aromatic carbocycles. The third kappa shape index (κ3) is 4.50.